The Morgan fingerprint density at radius 2 is 2.20 bits per heavy atom. The molecule has 1 aliphatic heterocycles. The average molecular weight is 336 g/mol. The highest BCUT2D eigenvalue weighted by molar-refractivity contribution is 5.94. The van der Waals surface area contributed by atoms with Gasteiger partial charge in [-0.25, -0.2) is 9.67 Å². The molecule has 1 amide bonds. The summed E-state index contributed by atoms with van der Waals surface area (Å²) < 4.78 is 3.59. The van der Waals surface area contributed by atoms with Gasteiger partial charge in [0, 0.05) is 31.3 Å². The van der Waals surface area contributed by atoms with Crippen molar-refractivity contribution in [2.45, 2.75) is 32.4 Å². The van der Waals surface area contributed by atoms with Gasteiger partial charge >= 0.3 is 0 Å². The van der Waals surface area contributed by atoms with E-state index in [0.717, 1.165) is 31.5 Å². The monoisotopic (exact) mass is 336 g/mol. The van der Waals surface area contributed by atoms with Crippen LogP contribution < -0.4 is 0 Å². The van der Waals surface area contributed by atoms with Gasteiger partial charge in [-0.05, 0) is 43.5 Å². The molecule has 4 rings (SSSR count). The van der Waals surface area contributed by atoms with E-state index in [2.05, 4.69) is 15.2 Å². The summed E-state index contributed by atoms with van der Waals surface area (Å²) in [5, 5.41) is 8.49. The van der Waals surface area contributed by atoms with E-state index >= 15 is 0 Å². The number of carbonyl (C=O) groups excluding carboxylic acids is 1. The Morgan fingerprint density at radius 1 is 1.28 bits per heavy atom. The average Bonchev–Trinajstić information content (AvgIpc) is 3.37. The third kappa shape index (κ3) is 3.17. The summed E-state index contributed by atoms with van der Waals surface area (Å²) in [5.41, 5.74) is 1.74. The molecule has 0 bridgehead atoms. The molecule has 7 nitrogen and oxygen atoms in total. The third-order valence-corrected chi connectivity index (χ3v) is 4.53. The SMILES string of the molecule is Cc1cnn(C[C@H]2CCCN2C(=O)c2ccc(-n3cccn3)nc2)c1. The van der Waals surface area contributed by atoms with E-state index in [4.69, 9.17) is 0 Å². The lowest BCUT2D eigenvalue weighted by Gasteiger charge is -2.24. The number of amides is 1. The number of pyridine rings is 1. The molecule has 3 aromatic rings. The van der Waals surface area contributed by atoms with Crippen molar-refractivity contribution in [3.63, 3.8) is 0 Å². The number of rotatable bonds is 4. The van der Waals surface area contributed by atoms with Crippen LogP contribution >= 0.6 is 0 Å². The smallest absolute Gasteiger partial charge is 0.255 e. The second-order valence-corrected chi connectivity index (χ2v) is 6.39. The first-order valence-electron chi connectivity index (χ1n) is 8.47. The molecule has 0 radical (unpaired) electrons. The molecule has 0 N–H and O–H groups in total. The van der Waals surface area contributed by atoms with Gasteiger partial charge in [0.25, 0.3) is 5.91 Å². The highest BCUT2D eigenvalue weighted by atomic mass is 16.2. The van der Waals surface area contributed by atoms with Gasteiger partial charge in [-0.15, -0.1) is 0 Å². The molecule has 0 saturated carbocycles. The zero-order chi connectivity index (χ0) is 17.2. The normalized spacial score (nSPS) is 17.2. The van der Waals surface area contributed by atoms with E-state index in [0.29, 0.717) is 11.4 Å². The van der Waals surface area contributed by atoms with Crippen LogP contribution in [-0.4, -0.2) is 47.9 Å². The highest BCUT2D eigenvalue weighted by Crippen LogP contribution is 2.21. The molecule has 1 fully saturated rings. The van der Waals surface area contributed by atoms with Crippen molar-refractivity contribution in [1.82, 2.24) is 29.4 Å². The fraction of sp³-hybridized carbons (Fsp3) is 0.333. The summed E-state index contributed by atoms with van der Waals surface area (Å²) in [7, 11) is 0. The summed E-state index contributed by atoms with van der Waals surface area (Å²) in [6.45, 7) is 3.54. The molecule has 3 aromatic heterocycles. The molecule has 1 saturated heterocycles. The number of carbonyl (C=O) groups is 1. The van der Waals surface area contributed by atoms with Crippen molar-refractivity contribution in [2.24, 2.45) is 0 Å². The highest BCUT2D eigenvalue weighted by Gasteiger charge is 2.30. The van der Waals surface area contributed by atoms with Crippen molar-refractivity contribution in [1.29, 1.82) is 0 Å². The van der Waals surface area contributed by atoms with Gasteiger partial charge in [-0.2, -0.15) is 10.2 Å². The Morgan fingerprint density at radius 3 is 2.88 bits per heavy atom. The molecule has 0 aromatic carbocycles. The van der Waals surface area contributed by atoms with E-state index in [1.54, 1.807) is 17.1 Å². The maximum atomic E-state index is 12.9. The summed E-state index contributed by atoms with van der Waals surface area (Å²) in [6, 6.07) is 5.66. The van der Waals surface area contributed by atoms with Crippen molar-refractivity contribution in [2.75, 3.05) is 6.54 Å². The van der Waals surface area contributed by atoms with Crippen LogP contribution in [0.2, 0.25) is 0 Å². The van der Waals surface area contributed by atoms with E-state index in [-0.39, 0.29) is 11.9 Å². The van der Waals surface area contributed by atoms with Gasteiger partial charge in [0.1, 0.15) is 0 Å². The zero-order valence-corrected chi connectivity index (χ0v) is 14.1. The summed E-state index contributed by atoms with van der Waals surface area (Å²) >= 11 is 0. The number of hydrogen-bond donors (Lipinski definition) is 0. The maximum Gasteiger partial charge on any atom is 0.255 e. The number of nitrogens with zero attached hydrogens (tertiary/aromatic N) is 6. The molecule has 1 aliphatic rings. The van der Waals surface area contributed by atoms with Crippen LogP contribution in [0.4, 0.5) is 0 Å². The van der Waals surface area contributed by atoms with Gasteiger partial charge in [0.05, 0.1) is 24.3 Å². The minimum Gasteiger partial charge on any atom is -0.334 e. The van der Waals surface area contributed by atoms with Crippen LogP contribution in [0, 0.1) is 6.92 Å². The van der Waals surface area contributed by atoms with Crippen LogP contribution in [0.3, 0.4) is 0 Å². The molecular formula is C18H20N6O. The lowest BCUT2D eigenvalue weighted by molar-refractivity contribution is 0.0721. The minimum atomic E-state index is 0.0332. The molecule has 4 heterocycles. The molecule has 1 atom stereocenters. The number of hydrogen-bond acceptors (Lipinski definition) is 4. The van der Waals surface area contributed by atoms with Crippen molar-refractivity contribution < 1.29 is 4.79 Å². The Hall–Kier alpha value is -2.96. The molecular weight excluding hydrogens is 316 g/mol. The molecule has 7 heteroatoms. The second kappa shape index (κ2) is 6.51. The van der Waals surface area contributed by atoms with Gasteiger partial charge in [0.15, 0.2) is 5.82 Å². The second-order valence-electron chi connectivity index (χ2n) is 6.39. The molecule has 128 valence electrons. The standard InChI is InChI=1S/C18H20N6O/c1-14-10-21-22(12-14)13-16-4-2-8-23(16)18(25)15-5-6-17(19-11-15)24-9-3-7-20-24/h3,5-7,9-12,16H,2,4,8,13H2,1H3/t16-/m1/s1. The van der Waals surface area contributed by atoms with Crippen molar-refractivity contribution >= 4 is 5.91 Å². The summed E-state index contributed by atoms with van der Waals surface area (Å²) in [4.78, 5) is 19.2. The molecule has 25 heavy (non-hydrogen) atoms. The maximum absolute atomic E-state index is 12.9. The molecule has 0 unspecified atom stereocenters. The van der Waals surface area contributed by atoms with Crippen LogP contribution in [0.25, 0.3) is 5.82 Å². The van der Waals surface area contributed by atoms with E-state index < -0.39 is 0 Å². The Bertz CT molecular complexity index is 852. The van der Waals surface area contributed by atoms with Crippen LogP contribution in [0.1, 0.15) is 28.8 Å². The zero-order valence-electron chi connectivity index (χ0n) is 14.1. The molecule has 0 spiro atoms. The van der Waals surface area contributed by atoms with Crippen LogP contribution in [0.5, 0.6) is 0 Å². The van der Waals surface area contributed by atoms with Gasteiger partial charge < -0.3 is 4.90 Å². The first kappa shape index (κ1) is 15.6. The fourth-order valence-electron chi connectivity index (χ4n) is 3.29. The molecule has 0 aliphatic carbocycles. The lowest BCUT2D eigenvalue weighted by Crippen LogP contribution is -2.38. The topological polar surface area (TPSA) is 68.8 Å². The minimum absolute atomic E-state index is 0.0332. The Kier molecular flexibility index (Phi) is 4.05. The quantitative estimate of drug-likeness (QED) is 0.731. The number of aromatic nitrogens is 5. The van der Waals surface area contributed by atoms with Gasteiger partial charge in [-0.3, -0.25) is 9.48 Å². The number of likely N-dealkylation sites (tertiary alicyclic amines) is 1. The summed E-state index contributed by atoms with van der Waals surface area (Å²) in [5.74, 6) is 0.734. The first-order chi connectivity index (χ1) is 12.2. The number of aryl methyl sites for hydroxylation is 1. The van der Waals surface area contributed by atoms with Gasteiger partial charge in [-0.1, -0.05) is 0 Å². The summed E-state index contributed by atoms with van der Waals surface area (Å²) in [6.07, 6.45) is 11.0. The van der Waals surface area contributed by atoms with E-state index in [1.165, 1.54) is 0 Å². The Labute approximate surface area is 145 Å². The Balaban J connectivity index is 1.49. The van der Waals surface area contributed by atoms with E-state index in [1.807, 2.05) is 53.3 Å². The van der Waals surface area contributed by atoms with E-state index in [9.17, 15) is 4.79 Å². The predicted molar refractivity (Wildman–Crippen MR) is 92.4 cm³/mol. The lowest BCUT2D eigenvalue weighted by atomic mass is 10.2. The van der Waals surface area contributed by atoms with Crippen molar-refractivity contribution in [3.8, 4) is 5.82 Å². The largest absolute Gasteiger partial charge is 0.334 e. The first-order valence-corrected chi connectivity index (χ1v) is 8.47. The predicted octanol–water partition coefficient (Wildman–Crippen LogP) is 2.08. The van der Waals surface area contributed by atoms with Crippen molar-refractivity contribution in [3.05, 3.63) is 60.3 Å². The fourth-order valence-corrected chi connectivity index (χ4v) is 3.29. The van der Waals surface area contributed by atoms with Crippen LogP contribution in [-0.2, 0) is 6.54 Å². The third-order valence-electron chi connectivity index (χ3n) is 4.53. The van der Waals surface area contributed by atoms with Gasteiger partial charge in [0.2, 0.25) is 0 Å². The van der Waals surface area contributed by atoms with Crippen LogP contribution in [0.15, 0.2) is 49.2 Å².